The Bertz CT molecular complexity index is 1250. The number of anilines is 1. The zero-order valence-corrected chi connectivity index (χ0v) is 18.0. The molecule has 0 saturated heterocycles. The van der Waals surface area contributed by atoms with Crippen molar-refractivity contribution in [3.63, 3.8) is 0 Å². The molecule has 5 nitrogen and oxygen atoms in total. The Hall–Kier alpha value is -2.73. The highest BCUT2D eigenvalue weighted by atomic mass is 35.5. The summed E-state index contributed by atoms with van der Waals surface area (Å²) in [5.41, 5.74) is 2.71. The fourth-order valence-electron chi connectivity index (χ4n) is 2.89. The summed E-state index contributed by atoms with van der Waals surface area (Å²) in [5, 5.41) is 4.10. The number of aromatic nitrogens is 1. The van der Waals surface area contributed by atoms with Crippen molar-refractivity contribution in [2.24, 2.45) is 0 Å². The van der Waals surface area contributed by atoms with Gasteiger partial charge in [0.1, 0.15) is 11.3 Å². The van der Waals surface area contributed by atoms with Gasteiger partial charge in [-0.05, 0) is 61.5 Å². The van der Waals surface area contributed by atoms with Gasteiger partial charge in [0.05, 0.1) is 22.3 Å². The number of hydrogen-bond acceptors (Lipinski definition) is 4. The summed E-state index contributed by atoms with van der Waals surface area (Å²) in [4.78, 5) is 17.1. The van der Waals surface area contributed by atoms with Gasteiger partial charge < -0.3 is 14.5 Å². The lowest BCUT2D eigenvalue weighted by Gasteiger charge is -2.10. The third kappa shape index (κ3) is 4.24. The molecule has 0 aliphatic carbocycles. The van der Waals surface area contributed by atoms with E-state index in [2.05, 4.69) is 10.3 Å². The minimum absolute atomic E-state index is 0.356. The summed E-state index contributed by atoms with van der Waals surface area (Å²) >= 11 is 18.5. The Kier molecular flexibility index (Phi) is 5.86. The summed E-state index contributed by atoms with van der Waals surface area (Å²) in [6.07, 6.45) is 0. The summed E-state index contributed by atoms with van der Waals surface area (Å²) in [6.45, 7) is 2.34. The first kappa shape index (κ1) is 20.5. The lowest BCUT2D eigenvalue weighted by Crippen LogP contribution is -2.12. The maximum absolute atomic E-state index is 12.7. The molecule has 4 aromatic rings. The molecule has 1 N–H and O–H groups in total. The summed E-state index contributed by atoms with van der Waals surface area (Å²) in [7, 11) is 0. The lowest BCUT2D eigenvalue weighted by atomic mass is 10.1. The van der Waals surface area contributed by atoms with Gasteiger partial charge in [-0.1, -0.05) is 34.8 Å². The molecule has 1 amide bonds. The number of amides is 1. The van der Waals surface area contributed by atoms with Gasteiger partial charge in [0.25, 0.3) is 5.91 Å². The number of rotatable bonds is 5. The summed E-state index contributed by atoms with van der Waals surface area (Å²) in [6, 6.07) is 15.2. The Morgan fingerprint density at radius 2 is 1.87 bits per heavy atom. The van der Waals surface area contributed by atoms with E-state index < -0.39 is 0 Å². The molecule has 0 aliphatic heterocycles. The Balaban J connectivity index is 1.61. The Morgan fingerprint density at radius 3 is 2.63 bits per heavy atom. The van der Waals surface area contributed by atoms with Crippen LogP contribution in [0.1, 0.15) is 17.3 Å². The highest BCUT2D eigenvalue weighted by Crippen LogP contribution is 2.32. The first-order chi connectivity index (χ1) is 14.4. The molecule has 0 bridgehead atoms. The van der Waals surface area contributed by atoms with Crippen molar-refractivity contribution in [1.29, 1.82) is 0 Å². The molecule has 0 saturated carbocycles. The standard InChI is InChI=1S/C22H15Cl3N2O3/c1-2-29-19-7-4-12(9-16(19)25)21(28)26-17-10-13(3-6-15(17)24)22-27-18-11-14(23)5-8-20(18)30-22/h3-11H,2H2,1H3,(H,26,28). The molecular formula is C22H15Cl3N2O3. The van der Waals surface area contributed by atoms with Crippen LogP contribution in [0.5, 0.6) is 5.75 Å². The number of ether oxygens (including phenoxy) is 1. The second kappa shape index (κ2) is 8.56. The van der Waals surface area contributed by atoms with E-state index in [1.165, 1.54) is 0 Å². The quantitative estimate of drug-likeness (QED) is 0.344. The number of hydrogen-bond donors (Lipinski definition) is 1. The predicted molar refractivity (Wildman–Crippen MR) is 120 cm³/mol. The number of fused-ring (bicyclic) bond motifs is 1. The van der Waals surface area contributed by atoms with Gasteiger partial charge in [0.2, 0.25) is 5.89 Å². The minimum Gasteiger partial charge on any atom is -0.492 e. The number of benzene rings is 3. The maximum Gasteiger partial charge on any atom is 0.255 e. The van der Waals surface area contributed by atoms with Crippen LogP contribution in [-0.2, 0) is 0 Å². The van der Waals surface area contributed by atoms with Crippen LogP contribution in [0.15, 0.2) is 59.0 Å². The number of carbonyl (C=O) groups is 1. The molecule has 0 spiro atoms. The first-order valence-electron chi connectivity index (χ1n) is 9.04. The van der Waals surface area contributed by atoms with Crippen molar-refractivity contribution < 1.29 is 13.9 Å². The van der Waals surface area contributed by atoms with E-state index in [1.54, 1.807) is 54.6 Å². The van der Waals surface area contributed by atoms with E-state index in [9.17, 15) is 4.79 Å². The van der Waals surface area contributed by atoms with Crippen molar-refractivity contribution in [2.45, 2.75) is 6.92 Å². The van der Waals surface area contributed by atoms with Crippen molar-refractivity contribution in [3.05, 3.63) is 75.2 Å². The van der Waals surface area contributed by atoms with Crippen molar-refractivity contribution >= 4 is 57.5 Å². The van der Waals surface area contributed by atoms with Crippen LogP contribution in [0.25, 0.3) is 22.6 Å². The molecule has 0 aliphatic rings. The SMILES string of the molecule is CCOc1ccc(C(=O)Nc2cc(-c3nc4cc(Cl)ccc4o3)ccc2Cl)cc1Cl. The van der Waals surface area contributed by atoms with Crippen LogP contribution in [0, 0.1) is 0 Å². The topological polar surface area (TPSA) is 64.4 Å². The lowest BCUT2D eigenvalue weighted by molar-refractivity contribution is 0.102. The number of carbonyl (C=O) groups excluding carboxylic acids is 1. The second-order valence-corrected chi connectivity index (χ2v) is 7.61. The number of nitrogens with one attached hydrogen (secondary N) is 1. The molecule has 0 fully saturated rings. The zero-order valence-electron chi connectivity index (χ0n) is 15.7. The molecule has 0 atom stereocenters. The van der Waals surface area contributed by atoms with Crippen molar-refractivity contribution in [1.82, 2.24) is 4.98 Å². The van der Waals surface area contributed by atoms with Gasteiger partial charge in [-0.15, -0.1) is 0 Å². The third-order valence-electron chi connectivity index (χ3n) is 4.31. The molecule has 0 radical (unpaired) electrons. The van der Waals surface area contributed by atoms with Crippen molar-refractivity contribution in [2.75, 3.05) is 11.9 Å². The summed E-state index contributed by atoms with van der Waals surface area (Å²) < 4.78 is 11.2. The molecule has 152 valence electrons. The molecule has 30 heavy (non-hydrogen) atoms. The van der Waals surface area contributed by atoms with Gasteiger partial charge in [0, 0.05) is 16.1 Å². The highest BCUT2D eigenvalue weighted by Gasteiger charge is 2.14. The number of oxazole rings is 1. The fraction of sp³-hybridized carbons (Fsp3) is 0.0909. The van der Waals surface area contributed by atoms with Gasteiger partial charge in [-0.25, -0.2) is 4.98 Å². The van der Waals surface area contributed by atoms with Crippen LogP contribution in [0.2, 0.25) is 15.1 Å². The molecule has 1 aromatic heterocycles. The van der Waals surface area contributed by atoms with E-state index in [0.717, 1.165) is 0 Å². The normalized spacial score (nSPS) is 10.9. The van der Waals surface area contributed by atoms with Crippen LogP contribution in [0.4, 0.5) is 5.69 Å². The monoisotopic (exact) mass is 460 g/mol. The Labute approximate surface area is 187 Å². The smallest absolute Gasteiger partial charge is 0.255 e. The fourth-order valence-corrected chi connectivity index (χ4v) is 3.45. The van der Waals surface area contributed by atoms with E-state index in [4.69, 9.17) is 44.0 Å². The average Bonchev–Trinajstić information content (AvgIpc) is 3.14. The molecule has 3 aromatic carbocycles. The third-order valence-corrected chi connectivity index (χ3v) is 5.17. The average molecular weight is 462 g/mol. The predicted octanol–water partition coefficient (Wildman–Crippen LogP) is 7.11. The molecule has 4 rings (SSSR count). The minimum atomic E-state index is -0.358. The van der Waals surface area contributed by atoms with E-state index in [-0.39, 0.29) is 5.91 Å². The molecule has 0 unspecified atom stereocenters. The number of halogens is 3. The van der Waals surface area contributed by atoms with Crippen LogP contribution < -0.4 is 10.1 Å². The van der Waals surface area contributed by atoms with Crippen LogP contribution in [0.3, 0.4) is 0 Å². The van der Waals surface area contributed by atoms with E-state index >= 15 is 0 Å². The van der Waals surface area contributed by atoms with Crippen LogP contribution >= 0.6 is 34.8 Å². The van der Waals surface area contributed by atoms with Gasteiger partial charge in [0.15, 0.2) is 5.58 Å². The maximum atomic E-state index is 12.7. The largest absolute Gasteiger partial charge is 0.492 e. The number of nitrogens with zero attached hydrogens (tertiary/aromatic N) is 1. The van der Waals surface area contributed by atoms with E-state index in [1.807, 2.05) is 6.92 Å². The van der Waals surface area contributed by atoms with Gasteiger partial charge in [-0.2, -0.15) is 0 Å². The second-order valence-electron chi connectivity index (χ2n) is 6.36. The Morgan fingerprint density at radius 1 is 1.03 bits per heavy atom. The first-order valence-corrected chi connectivity index (χ1v) is 10.2. The van der Waals surface area contributed by atoms with Crippen molar-refractivity contribution in [3.8, 4) is 17.2 Å². The summed E-state index contributed by atoms with van der Waals surface area (Å²) in [5.74, 6) is 0.554. The molecule has 8 heteroatoms. The molecular weight excluding hydrogens is 447 g/mol. The van der Waals surface area contributed by atoms with Gasteiger partial charge >= 0.3 is 0 Å². The van der Waals surface area contributed by atoms with Crippen LogP contribution in [-0.4, -0.2) is 17.5 Å². The highest BCUT2D eigenvalue weighted by molar-refractivity contribution is 6.34. The van der Waals surface area contributed by atoms with Gasteiger partial charge in [-0.3, -0.25) is 4.79 Å². The van der Waals surface area contributed by atoms with E-state index in [0.29, 0.717) is 61.2 Å². The zero-order chi connectivity index (χ0) is 21.3. The molecule has 1 heterocycles.